The van der Waals surface area contributed by atoms with Gasteiger partial charge in [-0.2, -0.15) is 0 Å². The fourth-order valence-electron chi connectivity index (χ4n) is 3.96. The quantitative estimate of drug-likeness (QED) is 0.320. The van der Waals surface area contributed by atoms with Gasteiger partial charge in [0.05, 0.1) is 0 Å². The molecule has 0 saturated carbocycles. The van der Waals surface area contributed by atoms with Crippen LogP contribution >= 0.6 is 0 Å². The molecule has 0 bridgehead atoms. The van der Waals surface area contributed by atoms with Crippen molar-refractivity contribution >= 4 is 10.8 Å². The molecule has 3 rings (SSSR count). The monoisotopic (exact) mass is 390 g/mol. The Labute approximate surface area is 174 Å². The maximum Gasteiger partial charge on any atom is 0.139 e. The molecular formula is C27H31FO. The molecule has 0 unspecified atom stereocenters. The third-order valence-corrected chi connectivity index (χ3v) is 5.45. The lowest BCUT2D eigenvalue weighted by Gasteiger charge is -2.20. The maximum absolute atomic E-state index is 15.8. The summed E-state index contributed by atoms with van der Waals surface area (Å²) < 4.78 is 21.4. The molecular weight excluding hydrogens is 359 g/mol. The second kappa shape index (κ2) is 10.2. The van der Waals surface area contributed by atoms with Crippen molar-refractivity contribution in [3.63, 3.8) is 0 Å². The van der Waals surface area contributed by atoms with E-state index in [9.17, 15) is 0 Å². The molecule has 1 nitrogen and oxygen atoms in total. The number of benzene rings is 3. The van der Waals surface area contributed by atoms with Crippen molar-refractivity contribution in [1.29, 1.82) is 0 Å². The molecule has 0 atom stereocenters. The molecule has 152 valence electrons. The molecule has 0 aliphatic carbocycles. The number of fused-ring (bicyclic) bond motifs is 1. The van der Waals surface area contributed by atoms with E-state index in [0.717, 1.165) is 66.2 Å². The summed E-state index contributed by atoms with van der Waals surface area (Å²) in [6.07, 6.45) is 8.01. The van der Waals surface area contributed by atoms with Crippen LogP contribution in [0.1, 0.15) is 50.7 Å². The van der Waals surface area contributed by atoms with Gasteiger partial charge in [0, 0.05) is 10.9 Å². The number of ether oxygens (including phenoxy) is 1. The molecule has 29 heavy (non-hydrogen) atoms. The maximum atomic E-state index is 15.8. The molecule has 0 amide bonds. The minimum absolute atomic E-state index is 0.105. The summed E-state index contributed by atoms with van der Waals surface area (Å²) in [5, 5.41) is 1.79. The Morgan fingerprint density at radius 2 is 1.48 bits per heavy atom. The van der Waals surface area contributed by atoms with E-state index in [1.165, 1.54) is 11.1 Å². The van der Waals surface area contributed by atoms with E-state index in [0.29, 0.717) is 6.61 Å². The number of halogens is 1. The molecule has 0 aliphatic rings. The van der Waals surface area contributed by atoms with Crippen molar-refractivity contribution in [3.8, 4) is 16.9 Å². The van der Waals surface area contributed by atoms with Crippen LogP contribution in [0, 0.1) is 5.82 Å². The van der Waals surface area contributed by atoms with E-state index < -0.39 is 0 Å². The van der Waals surface area contributed by atoms with Gasteiger partial charge >= 0.3 is 0 Å². The Hall–Kier alpha value is -2.61. The summed E-state index contributed by atoms with van der Waals surface area (Å²) in [6.45, 7) is 8.54. The first-order valence-corrected chi connectivity index (χ1v) is 10.8. The number of unbranched alkanes of at least 4 members (excludes halogenated alkanes) is 2. The summed E-state index contributed by atoms with van der Waals surface area (Å²) >= 11 is 0. The van der Waals surface area contributed by atoms with Gasteiger partial charge < -0.3 is 4.74 Å². The summed E-state index contributed by atoms with van der Waals surface area (Å²) in [5.74, 6) is 0.669. The summed E-state index contributed by atoms with van der Waals surface area (Å²) in [5.41, 5.74) is 4.18. The first-order valence-electron chi connectivity index (χ1n) is 10.8. The van der Waals surface area contributed by atoms with Crippen LogP contribution < -0.4 is 4.74 Å². The lowest BCUT2D eigenvalue weighted by molar-refractivity contribution is 0.363. The third kappa shape index (κ3) is 4.70. The van der Waals surface area contributed by atoms with Gasteiger partial charge in [0.1, 0.15) is 18.2 Å². The van der Waals surface area contributed by atoms with Crippen LogP contribution in [-0.4, -0.2) is 6.61 Å². The van der Waals surface area contributed by atoms with Crippen LogP contribution in [0.15, 0.2) is 61.2 Å². The number of rotatable bonds is 10. The molecule has 3 aromatic carbocycles. The van der Waals surface area contributed by atoms with Crippen molar-refractivity contribution in [3.05, 3.63) is 78.1 Å². The minimum atomic E-state index is -0.105. The second-order valence-electron chi connectivity index (χ2n) is 7.52. The fourth-order valence-corrected chi connectivity index (χ4v) is 3.96. The summed E-state index contributed by atoms with van der Waals surface area (Å²) in [6, 6.07) is 15.7. The average Bonchev–Trinajstić information content (AvgIpc) is 2.76. The van der Waals surface area contributed by atoms with Crippen molar-refractivity contribution in [1.82, 2.24) is 0 Å². The lowest BCUT2D eigenvalue weighted by Crippen LogP contribution is -2.04. The van der Waals surface area contributed by atoms with Crippen LogP contribution in [0.3, 0.4) is 0 Å². The molecule has 3 aromatic rings. The lowest BCUT2D eigenvalue weighted by atomic mass is 9.85. The Morgan fingerprint density at radius 1 is 0.862 bits per heavy atom. The molecule has 0 fully saturated rings. The van der Waals surface area contributed by atoms with Crippen LogP contribution in [0.4, 0.5) is 4.39 Å². The highest BCUT2D eigenvalue weighted by Gasteiger charge is 2.20. The van der Waals surface area contributed by atoms with E-state index >= 15 is 4.39 Å². The standard InChI is InChI=1S/C27H31FO/c1-4-7-11-22-23-13-9-10-14-25(23)27(28)26(24(22)12-8-5-2)20-15-17-21(18-16-20)29-19-6-3/h6,9-10,13-18H,3-5,7-8,11-12,19H2,1-2H3. The van der Waals surface area contributed by atoms with Crippen LogP contribution in [0.2, 0.25) is 0 Å². The normalized spacial score (nSPS) is 11.0. The molecule has 0 aromatic heterocycles. The number of aryl methyl sites for hydroxylation is 1. The van der Waals surface area contributed by atoms with Gasteiger partial charge in [-0.15, -0.1) is 0 Å². The largest absolute Gasteiger partial charge is 0.490 e. The van der Waals surface area contributed by atoms with Gasteiger partial charge in [-0.05, 0) is 59.9 Å². The first kappa shape index (κ1) is 21.1. The SMILES string of the molecule is C=CCOc1ccc(-c2c(CCCC)c(CCCC)c3ccccc3c2F)cc1. The van der Waals surface area contributed by atoms with Crippen LogP contribution in [0.5, 0.6) is 5.75 Å². The Kier molecular flexibility index (Phi) is 7.46. The Morgan fingerprint density at radius 3 is 2.10 bits per heavy atom. The zero-order chi connectivity index (χ0) is 20.6. The van der Waals surface area contributed by atoms with E-state index in [1.54, 1.807) is 6.08 Å². The summed E-state index contributed by atoms with van der Waals surface area (Å²) in [4.78, 5) is 0. The van der Waals surface area contributed by atoms with E-state index in [1.807, 2.05) is 42.5 Å². The van der Waals surface area contributed by atoms with E-state index in [2.05, 4.69) is 26.5 Å². The zero-order valence-electron chi connectivity index (χ0n) is 17.6. The summed E-state index contributed by atoms with van der Waals surface area (Å²) in [7, 11) is 0. The van der Waals surface area contributed by atoms with Crippen molar-refractivity contribution < 1.29 is 9.13 Å². The molecule has 0 aliphatic heterocycles. The highest BCUT2D eigenvalue weighted by atomic mass is 19.1. The van der Waals surface area contributed by atoms with Crippen LogP contribution in [-0.2, 0) is 12.8 Å². The predicted octanol–water partition coefficient (Wildman–Crippen LogP) is 7.90. The van der Waals surface area contributed by atoms with Crippen molar-refractivity contribution in [2.75, 3.05) is 6.61 Å². The molecule has 2 heteroatoms. The molecule has 0 heterocycles. The fraction of sp³-hybridized carbons (Fsp3) is 0.333. The van der Waals surface area contributed by atoms with Crippen molar-refractivity contribution in [2.45, 2.75) is 52.4 Å². The second-order valence-corrected chi connectivity index (χ2v) is 7.52. The molecule has 0 saturated heterocycles. The van der Waals surface area contributed by atoms with Gasteiger partial charge in [0.2, 0.25) is 0 Å². The van der Waals surface area contributed by atoms with E-state index in [-0.39, 0.29) is 5.82 Å². The van der Waals surface area contributed by atoms with Crippen molar-refractivity contribution in [2.24, 2.45) is 0 Å². The van der Waals surface area contributed by atoms with Gasteiger partial charge in [-0.25, -0.2) is 4.39 Å². The highest BCUT2D eigenvalue weighted by Crippen LogP contribution is 2.38. The first-order chi connectivity index (χ1) is 14.2. The van der Waals surface area contributed by atoms with Crippen LogP contribution in [0.25, 0.3) is 21.9 Å². The average molecular weight is 391 g/mol. The predicted molar refractivity (Wildman–Crippen MR) is 122 cm³/mol. The van der Waals surface area contributed by atoms with E-state index in [4.69, 9.17) is 4.74 Å². The Bertz CT molecular complexity index is 956. The van der Waals surface area contributed by atoms with Gasteiger partial charge in [0.15, 0.2) is 0 Å². The zero-order valence-corrected chi connectivity index (χ0v) is 17.6. The number of hydrogen-bond acceptors (Lipinski definition) is 1. The Balaban J connectivity index is 2.20. The van der Waals surface area contributed by atoms with Gasteiger partial charge in [0.25, 0.3) is 0 Å². The minimum Gasteiger partial charge on any atom is -0.490 e. The molecule has 0 radical (unpaired) electrons. The number of hydrogen-bond donors (Lipinski definition) is 0. The van der Waals surface area contributed by atoms with Gasteiger partial charge in [-0.3, -0.25) is 0 Å². The topological polar surface area (TPSA) is 9.23 Å². The smallest absolute Gasteiger partial charge is 0.139 e. The molecule has 0 spiro atoms. The van der Waals surface area contributed by atoms with Gasteiger partial charge in [-0.1, -0.05) is 75.7 Å². The molecule has 0 N–H and O–H groups in total. The third-order valence-electron chi connectivity index (χ3n) is 5.45. The highest BCUT2D eigenvalue weighted by molar-refractivity contribution is 5.93.